The Morgan fingerprint density at radius 2 is 2.00 bits per heavy atom. The number of unbranched alkanes of at least 4 members (excludes halogenated alkanes) is 2. The van der Waals surface area contributed by atoms with Crippen LogP contribution in [0.4, 0.5) is 0 Å². The minimum Gasteiger partial charge on any atom is -0.396 e. The number of allylic oxidation sites excluding steroid dienone is 2. The van der Waals surface area contributed by atoms with Crippen LogP contribution in [0.5, 0.6) is 0 Å². The number of hydrogen-bond acceptors (Lipinski definition) is 2. The fourth-order valence-corrected chi connectivity index (χ4v) is 0.884. The Bertz CT molecular complexity index is 130. The number of aliphatic hydroxyl groups is 1. The van der Waals surface area contributed by atoms with Crippen LogP contribution in [0.1, 0.15) is 25.7 Å². The van der Waals surface area contributed by atoms with Crippen molar-refractivity contribution in [2.75, 3.05) is 19.8 Å². The van der Waals surface area contributed by atoms with Gasteiger partial charge in [0, 0.05) is 13.2 Å². The summed E-state index contributed by atoms with van der Waals surface area (Å²) >= 11 is 0. The van der Waals surface area contributed by atoms with Gasteiger partial charge in [0.2, 0.25) is 0 Å². The van der Waals surface area contributed by atoms with Crippen LogP contribution in [0.2, 0.25) is 0 Å². The highest BCUT2D eigenvalue weighted by atomic mass is 16.5. The number of ether oxygens (including phenoxy) is 1. The Morgan fingerprint density at radius 3 is 2.69 bits per heavy atom. The van der Waals surface area contributed by atoms with E-state index in [2.05, 4.69) is 12.7 Å². The molecule has 0 aromatic heterocycles. The highest BCUT2D eigenvalue weighted by Crippen LogP contribution is 1.96. The summed E-state index contributed by atoms with van der Waals surface area (Å²) in [6.07, 6.45) is 10.2. The Kier molecular flexibility index (Phi) is 10.9. The summed E-state index contributed by atoms with van der Waals surface area (Å²) in [5.41, 5.74) is 0. The van der Waals surface area contributed by atoms with Gasteiger partial charge < -0.3 is 9.84 Å². The van der Waals surface area contributed by atoms with E-state index in [9.17, 15) is 0 Å². The fourth-order valence-electron chi connectivity index (χ4n) is 0.884. The van der Waals surface area contributed by atoms with Gasteiger partial charge in [-0.15, -0.1) is 6.58 Å². The summed E-state index contributed by atoms with van der Waals surface area (Å²) in [6.45, 7) is 5.17. The van der Waals surface area contributed by atoms with Gasteiger partial charge in [-0.05, 0) is 25.7 Å². The van der Waals surface area contributed by atoms with Gasteiger partial charge in [-0.25, -0.2) is 0 Å². The first-order chi connectivity index (χ1) is 6.41. The maximum Gasteiger partial charge on any atom is 0.0647 e. The summed E-state index contributed by atoms with van der Waals surface area (Å²) < 4.78 is 5.21. The second-order valence-electron chi connectivity index (χ2n) is 2.84. The highest BCUT2D eigenvalue weighted by Gasteiger charge is 1.83. The molecular formula is C11H20O2. The topological polar surface area (TPSA) is 29.5 Å². The van der Waals surface area contributed by atoms with Crippen molar-refractivity contribution in [3.05, 3.63) is 24.8 Å². The molecule has 0 radical (unpaired) electrons. The quantitative estimate of drug-likeness (QED) is 0.440. The van der Waals surface area contributed by atoms with Crippen LogP contribution in [0, 0.1) is 0 Å². The molecule has 0 rings (SSSR count). The van der Waals surface area contributed by atoms with E-state index in [4.69, 9.17) is 9.84 Å². The second kappa shape index (κ2) is 11.4. The van der Waals surface area contributed by atoms with E-state index in [-0.39, 0.29) is 6.61 Å². The molecule has 0 heterocycles. The summed E-state index contributed by atoms with van der Waals surface area (Å²) in [6, 6.07) is 0. The van der Waals surface area contributed by atoms with Gasteiger partial charge in [-0.3, -0.25) is 0 Å². The highest BCUT2D eigenvalue weighted by molar-refractivity contribution is 4.82. The zero-order chi connectivity index (χ0) is 9.78. The minimum absolute atomic E-state index is 0.211. The molecule has 0 spiro atoms. The predicted molar refractivity (Wildman–Crippen MR) is 55.7 cm³/mol. The van der Waals surface area contributed by atoms with E-state index in [1.165, 1.54) is 0 Å². The van der Waals surface area contributed by atoms with Crippen LogP contribution in [-0.2, 0) is 4.74 Å². The lowest BCUT2D eigenvalue weighted by molar-refractivity contribution is 0.138. The first kappa shape index (κ1) is 12.4. The molecule has 0 bridgehead atoms. The van der Waals surface area contributed by atoms with Gasteiger partial charge in [0.25, 0.3) is 0 Å². The molecule has 2 nitrogen and oxygen atoms in total. The normalized spacial score (nSPS) is 10.8. The van der Waals surface area contributed by atoms with Crippen molar-refractivity contribution in [2.24, 2.45) is 0 Å². The molecule has 0 saturated carbocycles. The largest absolute Gasteiger partial charge is 0.396 e. The molecule has 2 heteroatoms. The van der Waals surface area contributed by atoms with Gasteiger partial charge >= 0.3 is 0 Å². The van der Waals surface area contributed by atoms with Crippen molar-refractivity contribution in [3.63, 3.8) is 0 Å². The molecule has 0 aliphatic heterocycles. The monoisotopic (exact) mass is 184 g/mol. The molecule has 0 aliphatic carbocycles. The minimum atomic E-state index is 0.211. The molecular weight excluding hydrogens is 164 g/mol. The summed E-state index contributed by atoms with van der Waals surface area (Å²) in [5.74, 6) is 0. The molecule has 0 fully saturated rings. The zero-order valence-electron chi connectivity index (χ0n) is 8.24. The van der Waals surface area contributed by atoms with Crippen molar-refractivity contribution in [1.29, 1.82) is 0 Å². The number of rotatable bonds is 9. The lowest BCUT2D eigenvalue weighted by Gasteiger charge is -1.97. The molecule has 1 N–H and O–H groups in total. The van der Waals surface area contributed by atoms with Crippen molar-refractivity contribution >= 4 is 0 Å². The molecule has 0 atom stereocenters. The standard InChI is InChI=1S/C11H20O2/c1-2-3-4-5-6-7-10-13-11-8-9-12/h2,6-7,12H,1,3-5,8-11H2/b7-6+. The molecule has 0 amide bonds. The van der Waals surface area contributed by atoms with Crippen molar-refractivity contribution in [1.82, 2.24) is 0 Å². The molecule has 0 aromatic rings. The summed E-state index contributed by atoms with van der Waals surface area (Å²) in [5, 5.41) is 8.46. The Balaban J connectivity index is 2.98. The lowest BCUT2D eigenvalue weighted by Crippen LogP contribution is -1.96. The lowest BCUT2D eigenvalue weighted by atomic mass is 10.2. The van der Waals surface area contributed by atoms with Gasteiger partial charge in [-0.2, -0.15) is 0 Å². The van der Waals surface area contributed by atoms with Gasteiger partial charge in [0.1, 0.15) is 0 Å². The van der Waals surface area contributed by atoms with Crippen LogP contribution >= 0.6 is 0 Å². The Labute approximate surface area is 80.9 Å². The van der Waals surface area contributed by atoms with Crippen LogP contribution in [0.25, 0.3) is 0 Å². The maximum absolute atomic E-state index is 8.46. The van der Waals surface area contributed by atoms with E-state index in [1.54, 1.807) is 0 Å². The molecule has 13 heavy (non-hydrogen) atoms. The Morgan fingerprint density at radius 1 is 1.15 bits per heavy atom. The van der Waals surface area contributed by atoms with Crippen LogP contribution in [-0.4, -0.2) is 24.9 Å². The van der Waals surface area contributed by atoms with E-state index < -0.39 is 0 Å². The third-order valence-corrected chi connectivity index (χ3v) is 1.61. The van der Waals surface area contributed by atoms with Crippen molar-refractivity contribution in [2.45, 2.75) is 25.7 Å². The number of aliphatic hydroxyl groups excluding tert-OH is 1. The average Bonchev–Trinajstić information content (AvgIpc) is 2.16. The van der Waals surface area contributed by atoms with Gasteiger partial charge in [0.15, 0.2) is 0 Å². The molecule has 0 unspecified atom stereocenters. The van der Waals surface area contributed by atoms with E-state index >= 15 is 0 Å². The molecule has 76 valence electrons. The van der Waals surface area contributed by atoms with E-state index in [0.717, 1.165) is 25.7 Å². The first-order valence-corrected chi connectivity index (χ1v) is 4.86. The smallest absolute Gasteiger partial charge is 0.0647 e. The second-order valence-corrected chi connectivity index (χ2v) is 2.84. The van der Waals surface area contributed by atoms with E-state index in [1.807, 2.05) is 12.2 Å². The third kappa shape index (κ3) is 11.4. The van der Waals surface area contributed by atoms with Gasteiger partial charge in [0.05, 0.1) is 6.61 Å². The molecule has 0 saturated heterocycles. The zero-order valence-corrected chi connectivity index (χ0v) is 8.24. The van der Waals surface area contributed by atoms with Gasteiger partial charge in [-0.1, -0.05) is 18.2 Å². The molecule has 0 aromatic carbocycles. The molecule has 0 aliphatic rings. The third-order valence-electron chi connectivity index (χ3n) is 1.61. The van der Waals surface area contributed by atoms with Crippen LogP contribution in [0.3, 0.4) is 0 Å². The SMILES string of the molecule is C=CCCC/C=C/COCCCO. The maximum atomic E-state index is 8.46. The summed E-state index contributed by atoms with van der Waals surface area (Å²) in [4.78, 5) is 0. The van der Waals surface area contributed by atoms with E-state index in [0.29, 0.717) is 13.2 Å². The van der Waals surface area contributed by atoms with Crippen molar-refractivity contribution in [3.8, 4) is 0 Å². The average molecular weight is 184 g/mol. The van der Waals surface area contributed by atoms with Crippen LogP contribution in [0.15, 0.2) is 24.8 Å². The number of hydrogen-bond donors (Lipinski definition) is 1. The fraction of sp³-hybridized carbons (Fsp3) is 0.636. The Hall–Kier alpha value is -0.600. The first-order valence-electron chi connectivity index (χ1n) is 4.86. The predicted octanol–water partition coefficient (Wildman–Crippen LogP) is 2.30. The van der Waals surface area contributed by atoms with Crippen molar-refractivity contribution < 1.29 is 9.84 Å². The summed E-state index contributed by atoms with van der Waals surface area (Å²) in [7, 11) is 0. The van der Waals surface area contributed by atoms with Crippen LogP contribution < -0.4 is 0 Å².